The van der Waals surface area contributed by atoms with Crippen molar-refractivity contribution in [2.75, 3.05) is 0 Å². The Morgan fingerprint density at radius 1 is 1.29 bits per heavy atom. The van der Waals surface area contributed by atoms with Crippen LogP contribution in [0, 0.1) is 0 Å². The molecule has 1 unspecified atom stereocenters. The summed E-state index contributed by atoms with van der Waals surface area (Å²) in [5, 5.41) is 0.364. The van der Waals surface area contributed by atoms with Crippen molar-refractivity contribution >= 4 is 66.2 Å². The van der Waals surface area contributed by atoms with Crippen LogP contribution >= 0.6 is 55.1 Å². The summed E-state index contributed by atoms with van der Waals surface area (Å²) in [6.07, 6.45) is 1.74. The Bertz CT molecular complexity index is 830. The van der Waals surface area contributed by atoms with E-state index in [9.17, 15) is 0 Å². The number of halogens is 4. The predicted octanol–water partition coefficient (Wildman–Crippen LogP) is 5.90. The molecule has 3 rings (SSSR count). The fourth-order valence-corrected chi connectivity index (χ4v) is 3.20. The van der Waals surface area contributed by atoms with E-state index in [1.54, 1.807) is 6.20 Å². The van der Waals surface area contributed by atoms with Crippen LogP contribution in [0.3, 0.4) is 0 Å². The highest BCUT2D eigenvalue weighted by atomic mass is 79.9. The van der Waals surface area contributed by atoms with Gasteiger partial charge < -0.3 is 0 Å². The monoisotopic (exact) mass is 447 g/mol. The number of alkyl halides is 1. The molecule has 2 heterocycles. The zero-order chi connectivity index (χ0) is 15.1. The van der Waals surface area contributed by atoms with E-state index in [2.05, 4.69) is 41.8 Å². The van der Waals surface area contributed by atoms with Crippen LogP contribution in [-0.4, -0.2) is 14.5 Å². The Labute approximate surface area is 148 Å². The van der Waals surface area contributed by atoms with Crippen LogP contribution in [-0.2, 0) is 0 Å². The summed E-state index contributed by atoms with van der Waals surface area (Å²) in [5.74, 6) is 0.722. The number of hydrogen-bond acceptors (Lipinski definition) is 2. The molecule has 1 aromatic carbocycles. The quantitative estimate of drug-likeness (QED) is 0.456. The molecule has 0 aliphatic rings. The molecule has 0 N–H and O–H groups in total. The first kappa shape index (κ1) is 15.3. The highest BCUT2D eigenvalue weighted by Gasteiger charge is 2.19. The fraction of sp³-hybridized carbons (Fsp3) is 0.143. The summed E-state index contributed by atoms with van der Waals surface area (Å²) in [4.78, 5) is 9.06. The van der Waals surface area contributed by atoms with Gasteiger partial charge in [-0.25, -0.2) is 9.97 Å². The Hall–Kier alpha value is -0.620. The third kappa shape index (κ3) is 2.72. The van der Waals surface area contributed by atoms with E-state index in [0.717, 1.165) is 31.6 Å². The van der Waals surface area contributed by atoms with E-state index in [4.69, 9.17) is 23.2 Å². The van der Waals surface area contributed by atoms with Crippen LogP contribution in [0.1, 0.15) is 18.1 Å². The van der Waals surface area contributed by atoms with Gasteiger partial charge in [-0.05, 0) is 57.0 Å². The normalized spacial score (nSPS) is 12.8. The summed E-state index contributed by atoms with van der Waals surface area (Å²) >= 11 is 19.4. The van der Waals surface area contributed by atoms with Crippen molar-refractivity contribution in [1.82, 2.24) is 14.5 Å². The molecular weight excluding hydrogens is 441 g/mol. The molecule has 3 nitrogen and oxygen atoms in total. The molecule has 0 radical (unpaired) electrons. The van der Waals surface area contributed by atoms with Gasteiger partial charge in [0.25, 0.3) is 0 Å². The Morgan fingerprint density at radius 2 is 2.05 bits per heavy atom. The van der Waals surface area contributed by atoms with Gasteiger partial charge in [-0.3, -0.25) is 4.57 Å². The predicted molar refractivity (Wildman–Crippen MR) is 93.5 cm³/mol. The van der Waals surface area contributed by atoms with Gasteiger partial charge in [0.05, 0.1) is 20.6 Å². The first-order valence-corrected chi connectivity index (χ1v) is 8.51. The first-order chi connectivity index (χ1) is 9.99. The lowest BCUT2D eigenvalue weighted by molar-refractivity contribution is 0.874. The zero-order valence-corrected chi connectivity index (χ0v) is 15.5. The van der Waals surface area contributed by atoms with Gasteiger partial charge in [-0.1, -0.05) is 17.7 Å². The van der Waals surface area contributed by atoms with Crippen LogP contribution < -0.4 is 0 Å². The van der Waals surface area contributed by atoms with Crippen molar-refractivity contribution < 1.29 is 0 Å². The second-order valence-corrected chi connectivity index (χ2v) is 7.26. The van der Waals surface area contributed by atoms with Crippen molar-refractivity contribution in [3.8, 4) is 5.69 Å². The van der Waals surface area contributed by atoms with Crippen LogP contribution in [0.4, 0.5) is 0 Å². The molecule has 1 atom stereocenters. The Kier molecular flexibility index (Phi) is 4.28. The van der Waals surface area contributed by atoms with Crippen molar-refractivity contribution in [3.05, 3.63) is 50.3 Å². The topological polar surface area (TPSA) is 30.7 Å². The average Bonchev–Trinajstić information content (AvgIpc) is 2.80. The summed E-state index contributed by atoms with van der Waals surface area (Å²) in [6, 6.07) is 7.57. The van der Waals surface area contributed by atoms with Crippen molar-refractivity contribution in [2.24, 2.45) is 0 Å². The van der Waals surface area contributed by atoms with Gasteiger partial charge in [-0.15, -0.1) is 11.6 Å². The molecule has 108 valence electrons. The Balaban J connectivity index is 2.39. The number of rotatable bonds is 2. The van der Waals surface area contributed by atoms with E-state index in [0.29, 0.717) is 5.02 Å². The minimum absolute atomic E-state index is 0.260. The highest BCUT2D eigenvalue weighted by Crippen LogP contribution is 2.34. The van der Waals surface area contributed by atoms with Crippen LogP contribution in [0.15, 0.2) is 39.4 Å². The van der Waals surface area contributed by atoms with Crippen molar-refractivity contribution in [2.45, 2.75) is 12.3 Å². The Morgan fingerprint density at radius 3 is 2.76 bits per heavy atom. The number of imidazole rings is 1. The van der Waals surface area contributed by atoms with Gasteiger partial charge in [0, 0.05) is 10.7 Å². The van der Waals surface area contributed by atoms with Gasteiger partial charge in [0.2, 0.25) is 0 Å². The van der Waals surface area contributed by atoms with Crippen LogP contribution in [0.5, 0.6) is 0 Å². The third-order valence-electron chi connectivity index (χ3n) is 3.02. The maximum atomic E-state index is 6.29. The molecule has 0 saturated carbocycles. The lowest BCUT2D eigenvalue weighted by atomic mass is 10.3. The lowest BCUT2D eigenvalue weighted by Gasteiger charge is -2.12. The smallest absolute Gasteiger partial charge is 0.164 e. The maximum absolute atomic E-state index is 6.29. The second-order valence-electron chi connectivity index (χ2n) is 4.49. The van der Waals surface area contributed by atoms with E-state index in [1.807, 2.05) is 35.8 Å². The number of benzene rings is 1. The molecule has 0 spiro atoms. The summed E-state index contributed by atoms with van der Waals surface area (Å²) in [5.41, 5.74) is 2.38. The summed E-state index contributed by atoms with van der Waals surface area (Å²) < 4.78 is 3.59. The molecule has 0 fully saturated rings. The van der Waals surface area contributed by atoms with Gasteiger partial charge >= 0.3 is 0 Å². The largest absolute Gasteiger partial charge is 0.278 e. The second kappa shape index (κ2) is 5.88. The third-order valence-corrected chi connectivity index (χ3v) is 5.02. The minimum Gasteiger partial charge on any atom is -0.278 e. The molecular formula is C14H9Br2Cl2N3. The van der Waals surface area contributed by atoms with Crippen LogP contribution in [0.25, 0.3) is 16.9 Å². The van der Waals surface area contributed by atoms with E-state index in [1.165, 1.54) is 0 Å². The SMILES string of the molecule is CC(Cl)c1nc2cc(Br)cnc2n1-c1cccc(Cl)c1Br. The van der Waals surface area contributed by atoms with E-state index < -0.39 is 0 Å². The molecule has 2 aromatic heterocycles. The standard InChI is InChI=1S/C14H9Br2Cl2N3/c1-7(17)13-20-10-5-8(15)6-19-14(10)21(13)11-4-2-3-9(18)12(11)16/h2-7H,1H3. The number of aromatic nitrogens is 3. The molecule has 0 saturated heterocycles. The molecule has 21 heavy (non-hydrogen) atoms. The summed E-state index contributed by atoms with van der Waals surface area (Å²) in [7, 11) is 0. The molecule has 0 amide bonds. The number of pyridine rings is 1. The molecule has 0 aliphatic carbocycles. The average molecular weight is 450 g/mol. The molecule has 0 bridgehead atoms. The van der Waals surface area contributed by atoms with Gasteiger partial charge in [0.15, 0.2) is 5.65 Å². The zero-order valence-electron chi connectivity index (χ0n) is 10.8. The maximum Gasteiger partial charge on any atom is 0.164 e. The fourth-order valence-electron chi connectivity index (χ4n) is 2.13. The summed E-state index contributed by atoms with van der Waals surface area (Å²) in [6.45, 7) is 1.88. The minimum atomic E-state index is -0.260. The van der Waals surface area contributed by atoms with E-state index >= 15 is 0 Å². The number of nitrogens with zero attached hydrogens (tertiary/aromatic N) is 3. The number of hydrogen-bond donors (Lipinski definition) is 0. The number of fused-ring (bicyclic) bond motifs is 1. The van der Waals surface area contributed by atoms with Crippen LogP contribution in [0.2, 0.25) is 5.02 Å². The lowest BCUT2D eigenvalue weighted by Crippen LogP contribution is -2.03. The first-order valence-electron chi connectivity index (χ1n) is 6.11. The highest BCUT2D eigenvalue weighted by molar-refractivity contribution is 9.11. The van der Waals surface area contributed by atoms with Gasteiger partial charge in [-0.2, -0.15) is 0 Å². The molecule has 3 aromatic rings. The molecule has 0 aliphatic heterocycles. The van der Waals surface area contributed by atoms with Gasteiger partial charge in [0.1, 0.15) is 11.3 Å². The van der Waals surface area contributed by atoms with Crippen molar-refractivity contribution in [1.29, 1.82) is 0 Å². The van der Waals surface area contributed by atoms with E-state index in [-0.39, 0.29) is 5.38 Å². The van der Waals surface area contributed by atoms with Crippen molar-refractivity contribution in [3.63, 3.8) is 0 Å². The molecule has 7 heteroatoms.